The maximum atomic E-state index is 12.6. The van der Waals surface area contributed by atoms with Gasteiger partial charge in [-0.2, -0.15) is 0 Å². The zero-order valence-electron chi connectivity index (χ0n) is 15.1. The first-order chi connectivity index (χ1) is 12.8. The van der Waals surface area contributed by atoms with Crippen LogP contribution in [0.15, 0.2) is 32.3 Å². The summed E-state index contributed by atoms with van der Waals surface area (Å²) in [5.74, 6) is 1.56. The largest absolute Gasteiger partial charge is 0.496 e. The molecule has 0 aliphatic carbocycles. The van der Waals surface area contributed by atoms with Crippen molar-refractivity contribution in [3.8, 4) is 17.1 Å². The maximum absolute atomic E-state index is 12.6. The molecule has 1 N–H and O–H groups in total. The highest BCUT2D eigenvalue weighted by molar-refractivity contribution is 9.10. The maximum Gasteiger partial charge on any atom is 0.329 e. The minimum absolute atomic E-state index is 0.0648. The lowest BCUT2D eigenvalue weighted by atomic mass is 10.2. The van der Waals surface area contributed by atoms with Gasteiger partial charge in [-0.1, -0.05) is 15.9 Å². The Morgan fingerprint density at radius 1 is 1.22 bits per heavy atom. The molecule has 0 bridgehead atoms. The van der Waals surface area contributed by atoms with E-state index in [4.69, 9.17) is 4.74 Å². The summed E-state index contributed by atoms with van der Waals surface area (Å²) in [7, 11) is 3.18. The normalized spacial score (nSPS) is 11.8. The van der Waals surface area contributed by atoms with Crippen LogP contribution in [0.1, 0.15) is 19.9 Å². The van der Waals surface area contributed by atoms with Crippen LogP contribution in [0.5, 0.6) is 5.75 Å². The predicted octanol–water partition coefficient (Wildman–Crippen LogP) is 2.09. The zero-order valence-corrected chi connectivity index (χ0v) is 16.7. The molecule has 140 valence electrons. The van der Waals surface area contributed by atoms with Crippen molar-refractivity contribution in [2.75, 3.05) is 7.11 Å². The molecule has 0 radical (unpaired) electrons. The number of ether oxygens (including phenoxy) is 1. The van der Waals surface area contributed by atoms with Crippen LogP contribution >= 0.6 is 15.9 Å². The number of rotatable bonds is 3. The first kappa shape index (κ1) is 17.5. The topological polar surface area (TPSA) is 99.2 Å². The highest BCUT2D eigenvalue weighted by atomic mass is 79.9. The first-order valence-corrected chi connectivity index (χ1v) is 9.06. The fourth-order valence-corrected chi connectivity index (χ4v) is 3.68. The standard InChI is InChI=1S/C17H17BrN6O3/c1-8(2)23-12-14(25)19-17(26)22(3)15(12)24-13(20-21-16(23)24)10-7-9(18)5-6-11(10)27-4/h5-8H,1-4H3,(H,19,25,26). The van der Waals surface area contributed by atoms with Gasteiger partial charge >= 0.3 is 5.69 Å². The highest BCUT2D eigenvalue weighted by Gasteiger charge is 2.25. The lowest BCUT2D eigenvalue weighted by molar-refractivity contribution is 0.416. The fourth-order valence-electron chi connectivity index (χ4n) is 3.32. The number of halogens is 1. The Labute approximate surface area is 161 Å². The Morgan fingerprint density at radius 2 is 1.96 bits per heavy atom. The fraction of sp³-hybridized carbons (Fsp3) is 0.294. The number of nitrogens with zero attached hydrogens (tertiary/aromatic N) is 5. The molecule has 0 spiro atoms. The summed E-state index contributed by atoms with van der Waals surface area (Å²) < 4.78 is 11.2. The zero-order chi connectivity index (χ0) is 19.5. The molecule has 4 aromatic rings. The number of H-pyrrole nitrogens is 1. The van der Waals surface area contributed by atoms with Crippen LogP contribution in [-0.4, -0.2) is 35.8 Å². The minimum atomic E-state index is -0.504. The van der Waals surface area contributed by atoms with Gasteiger partial charge in [0.25, 0.3) is 5.56 Å². The SMILES string of the molecule is COc1ccc(Br)cc1-c1nnc2n(C(C)C)c3c(=O)[nH]c(=O)n(C)c3n12. The summed E-state index contributed by atoms with van der Waals surface area (Å²) >= 11 is 3.46. The lowest BCUT2D eigenvalue weighted by Gasteiger charge is -2.08. The van der Waals surface area contributed by atoms with Crippen molar-refractivity contribution in [3.63, 3.8) is 0 Å². The van der Waals surface area contributed by atoms with Crippen molar-refractivity contribution in [1.29, 1.82) is 0 Å². The summed E-state index contributed by atoms with van der Waals surface area (Å²) in [4.78, 5) is 27.2. The van der Waals surface area contributed by atoms with E-state index in [-0.39, 0.29) is 6.04 Å². The van der Waals surface area contributed by atoms with E-state index < -0.39 is 11.2 Å². The number of aromatic amines is 1. The van der Waals surface area contributed by atoms with Crippen molar-refractivity contribution in [3.05, 3.63) is 43.5 Å². The average molecular weight is 433 g/mol. The van der Waals surface area contributed by atoms with Crippen LogP contribution in [0.25, 0.3) is 28.3 Å². The molecule has 3 aromatic heterocycles. The Kier molecular flexibility index (Phi) is 3.95. The Morgan fingerprint density at radius 3 is 2.63 bits per heavy atom. The summed E-state index contributed by atoms with van der Waals surface area (Å²) in [5.41, 5.74) is 0.521. The molecular weight excluding hydrogens is 416 g/mol. The van der Waals surface area contributed by atoms with Gasteiger partial charge in [-0.15, -0.1) is 10.2 Å². The molecule has 27 heavy (non-hydrogen) atoms. The first-order valence-electron chi connectivity index (χ1n) is 8.27. The molecule has 0 saturated carbocycles. The third-order valence-corrected chi connectivity index (χ3v) is 5.00. The molecule has 0 unspecified atom stereocenters. The molecule has 0 aliphatic rings. The van der Waals surface area contributed by atoms with Crippen LogP contribution in [-0.2, 0) is 7.05 Å². The summed E-state index contributed by atoms with van der Waals surface area (Å²) in [6.07, 6.45) is 0. The number of fused-ring (bicyclic) bond motifs is 3. The van der Waals surface area contributed by atoms with Gasteiger partial charge in [-0.05, 0) is 32.0 Å². The Balaban J connectivity index is 2.27. The number of imidazole rings is 1. The molecule has 0 aliphatic heterocycles. The van der Waals surface area contributed by atoms with E-state index in [2.05, 4.69) is 31.1 Å². The van der Waals surface area contributed by atoms with Gasteiger partial charge in [0.1, 0.15) is 5.75 Å². The Bertz CT molecular complexity index is 1310. The van der Waals surface area contributed by atoms with Crippen LogP contribution in [0.3, 0.4) is 0 Å². The molecule has 9 nitrogen and oxygen atoms in total. The number of hydrogen-bond donors (Lipinski definition) is 1. The van der Waals surface area contributed by atoms with Crippen molar-refractivity contribution in [2.45, 2.75) is 19.9 Å². The van der Waals surface area contributed by atoms with Crippen LogP contribution in [0, 0.1) is 0 Å². The molecule has 3 heterocycles. The van der Waals surface area contributed by atoms with E-state index in [1.54, 1.807) is 23.1 Å². The van der Waals surface area contributed by atoms with Crippen molar-refractivity contribution < 1.29 is 4.74 Å². The van der Waals surface area contributed by atoms with Gasteiger partial charge in [0, 0.05) is 17.6 Å². The van der Waals surface area contributed by atoms with E-state index in [1.807, 2.05) is 32.0 Å². The number of nitrogens with one attached hydrogen (secondary N) is 1. The second-order valence-electron chi connectivity index (χ2n) is 6.46. The van der Waals surface area contributed by atoms with Gasteiger partial charge in [-0.25, -0.2) is 9.20 Å². The quantitative estimate of drug-likeness (QED) is 0.534. The van der Waals surface area contributed by atoms with E-state index in [0.29, 0.717) is 34.1 Å². The minimum Gasteiger partial charge on any atom is -0.496 e. The second-order valence-corrected chi connectivity index (χ2v) is 7.37. The van der Waals surface area contributed by atoms with Crippen molar-refractivity contribution in [1.82, 2.24) is 28.7 Å². The molecular formula is C17H17BrN6O3. The molecule has 0 saturated heterocycles. The molecule has 0 atom stereocenters. The van der Waals surface area contributed by atoms with Gasteiger partial charge < -0.3 is 4.74 Å². The van der Waals surface area contributed by atoms with Crippen LogP contribution in [0.2, 0.25) is 0 Å². The molecule has 10 heteroatoms. The summed E-state index contributed by atoms with van der Waals surface area (Å²) in [6, 6.07) is 5.47. The van der Waals surface area contributed by atoms with Crippen LogP contribution in [0.4, 0.5) is 0 Å². The molecule has 1 aromatic carbocycles. The molecule has 4 rings (SSSR count). The predicted molar refractivity (Wildman–Crippen MR) is 104 cm³/mol. The van der Waals surface area contributed by atoms with E-state index >= 15 is 0 Å². The smallest absolute Gasteiger partial charge is 0.329 e. The van der Waals surface area contributed by atoms with Crippen LogP contribution < -0.4 is 16.0 Å². The van der Waals surface area contributed by atoms with Gasteiger partial charge in [-0.3, -0.25) is 18.9 Å². The van der Waals surface area contributed by atoms with E-state index in [0.717, 1.165) is 4.47 Å². The van der Waals surface area contributed by atoms with Gasteiger partial charge in [0.05, 0.1) is 12.7 Å². The highest BCUT2D eigenvalue weighted by Crippen LogP contribution is 2.34. The van der Waals surface area contributed by atoms with Crippen molar-refractivity contribution >= 4 is 32.9 Å². The summed E-state index contributed by atoms with van der Waals surface area (Å²) in [5, 5.41) is 8.64. The third-order valence-electron chi connectivity index (χ3n) is 4.50. The summed E-state index contributed by atoms with van der Waals surface area (Å²) in [6.45, 7) is 3.88. The number of methoxy groups -OCH3 is 1. The monoisotopic (exact) mass is 432 g/mol. The Hall–Kier alpha value is -2.88. The third kappa shape index (κ3) is 2.43. The molecule has 0 amide bonds. The van der Waals surface area contributed by atoms with Gasteiger partial charge in [0.15, 0.2) is 17.0 Å². The van der Waals surface area contributed by atoms with E-state index in [9.17, 15) is 9.59 Å². The lowest BCUT2D eigenvalue weighted by Crippen LogP contribution is -2.29. The number of hydrogen-bond acceptors (Lipinski definition) is 5. The van der Waals surface area contributed by atoms with Crippen molar-refractivity contribution in [2.24, 2.45) is 7.05 Å². The van der Waals surface area contributed by atoms with Gasteiger partial charge in [0.2, 0.25) is 5.78 Å². The molecule has 0 fully saturated rings. The number of aromatic nitrogens is 6. The number of aryl methyl sites for hydroxylation is 1. The second kappa shape index (κ2) is 6.08. The average Bonchev–Trinajstić information content (AvgIpc) is 3.17. The number of benzene rings is 1. The van der Waals surface area contributed by atoms with E-state index in [1.165, 1.54) is 4.57 Å².